The molecule has 0 unspecified atom stereocenters. The van der Waals surface area contributed by atoms with E-state index in [-0.39, 0.29) is 11.4 Å². The molecule has 94 valence electrons. The quantitative estimate of drug-likeness (QED) is 0.786. The van der Waals surface area contributed by atoms with Gasteiger partial charge in [0.25, 0.3) is 0 Å². The van der Waals surface area contributed by atoms with E-state index in [9.17, 15) is 13.2 Å². The van der Waals surface area contributed by atoms with E-state index in [1.54, 1.807) is 24.3 Å². The Bertz CT molecular complexity index is 565. The maximum Gasteiger partial charge on any atom is 0.451 e. The van der Waals surface area contributed by atoms with Crippen LogP contribution in [0.4, 0.5) is 13.2 Å². The van der Waals surface area contributed by atoms with Gasteiger partial charge in [0, 0.05) is 15.7 Å². The number of aromatic nitrogens is 2. The fraction of sp³-hybridized carbons (Fsp3) is 0.167. The van der Waals surface area contributed by atoms with Crippen LogP contribution in [0.1, 0.15) is 11.5 Å². The van der Waals surface area contributed by atoms with E-state index >= 15 is 0 Å². The topological polar surface area (TPSA) is 25.8 Å². The van der Waals surface area contributed by atoms with Gasteiger partial charge in [-0.05, 0) is 25.1 Å². The summed E-state index contributed by atoms with van der Waals surface area (Å²) in [5.74, 6) is -1.11. The molecule has 2 rings (SSSR count). The third-order valence-corrected chi connectivity index (χ3v) is 2.78. The largest absolute Gasteiger partial charge is 0.451 e. The van der Waals surface area contributed by atoms with Crippen molar-refractivity contribution in [1.82, 2.24) is 9.97 Å². The maximum atomic E-state index is 12.6. The van der Waals surface area contributed by atoms with Crippen LogP contribution in [0.3, 0.4) is 0 Å². The zero-order chi connectivity index (χ0) is 13.3. The van der Waals surface area contributed by atoms with Crippen LogP contribution in [0.25, 0.3) is 11.3 Å². The molecule has 1 heterocycles. The van der Waals surface area contributed by atoms with Gasteiger partial charge in [-0.1, -0.05) is 28.1 Å². The number of halogens is 4. The first-order valence-corrected chi connectivity index (χ1v) is 5.84. The van der Waals surface area contributed by atoms with E-state index in [2.05, 4.69) is 25.9 Å². The van der Waals surface area contributed by atoms with Crippen molar-refractivity contribution < 1.29 is 13.2 Å². The molecule has 0 fully saturated rings. The molecule has 1 aromatic heterocycles. The van der Waals surface area contributed by atoms with E-state index in [4.69, 9.17) is 0 Å². The number of hydrogen-bond acceptors (Lipinski definition) is 2. The van der Waals surface area contributed by atoms with Crippen molar-refractivity contribution in [2.75, 3.05) is 0 Å². The summed E-state index contributed by atoms with van der Waals surface area (Å²) in [6.45, 7) is 1.51. The Morgan fingerprint density at radius 1 is 1.06 bits per heavy atom. The highest BCUT2D eigenvalue weighted by molar-refractivity contribution is 9.10. The molecule has 18 heavy (non-hydrogen) atoms. The van der Waals surface area contributed by atoms with Crippen molar-refractivity contribution >= 4 is 15.9 Å². The standard InChI is InChI=1S/C12H8BrF3N2/c1-7-6-10(8-2-4-9(13)5-3-8)18-11(17-7)12(14,15)16/h2-6H,1H3. The normalized spacial score (nSPS) is 11.6. The lowest BCUT2D eigenvalue weighted by molar-refractivity contribution is -0.145. The molecule has 0 amide bonds. The highest BCUT2D eigenvalue weighted by atomic mass is 79.9. The molecular weight excluding hydrogens is 309 g/mol. The van der Waals surface area contributed by atoms with Crippen molar-refractivity contribution in [2.45, 2.75) is 13.1 Å². The summed E-state index contributed by atoms with van der Waals surface area (Å²) in [5, 5.41) is 0. The van der Waals surface area contributed by atoms with Crippen LogP contribution in [-0.4, -0.2) is 9.97 Å². The van der Waals surface area contributed by atoms with Crippen LogP contribution in [0, 0.1) is 6.92 Å². The van der Waals surface area contributed by atoms with Gasteiger partial charge in [-0.15, -0.1) is 0 Å². The molecule has 0 aliphatic carbocycles. The van der Waals surface area contributed by atoms with Crippen molar-refractivity contribution in [1.29, 1.82) is 0 Å². The third-order valence-electron chi connectivity index (χ3n) is 2.25. The number of alkyl halides is 3. The molecule has 0 spiro atoms. The average Bonchev–Trinajstić information content (AvgIpc) is 2.28. The number of rotatable bonds is 1. The van der Waals surface area contributed by atoms with E-state index in [0.29, 0.717) is 5.56 Å². The molecule has 0 saturated heterocycles. The second-order valence-corrected chi connectivity index (χ2v) is 4.64. The van der Waals surface area contributed by atoms with Crippen LogP contribution in [0.15, 0.2) is 34.8 Å². The summed E-state index contributed by atoms with van der Waals surface area (Å²) < 4.78 is 38.6. The molecule has 0 N–H and O–H groups in total. The Morgan fingerprint density at radius 2 is 1.67 bits per heavy atom. The van der Waals surface area contributed by atoms with Gasteiger partial charge >= 0.3 is 6.18 Å². The first-order valence-electron chi connectivity index (χ1n) is 5.05. The summed E-state index contributed by atoms with van der Waals surface area (Å²) in [6.07, 6.45) is -4.53. The maximum absolute atomic E-state index is 12.6. The van der Waals surface area contributed by atoms with Gasteiger partial charge < -0.3 is 0 Å². The minimum Gasteiger partial charge on any atom is -0.230 e. The molecule has 0 radical (unpaired) electrons. The lowest BCUT2D eigenvalue weighted by Gasteiger charge is -2.08. The predicted octanol–water partition coefficient (Wildman–Crippen LogP) is 4.23. The number of aryl methyl sites for hydroxylation is 1. The first kappa shape index (κ1) is 13.0. The van der Waals surface area contributed by atoms with Gasteiger partial charge in [0.2, 0.25) is 5.82 Å². The summed E-state index contributed by atoms with van der Waals surface area (Å²) in [5.41, 5.74) is 1.17. The van der Waals surface area contributed by atoms with Crippen molar-refractivity contribution in [3.05, 3.63) is 46.3 Å². The van der Waals surface area contributed by atoms with Crippen molar-refractivity contribution in [3.8, 4) is 11.3 Å². The predicted molar refractivity (Wildman–Crippen MR) is 64.9 cm³/mol. The fourth-order valence-corrected chi connectivity index (χ4v) is 1.73. The molecule has 2 nitrogen and oxygen atoms in total. The molecule has 0 aliphatic heterocycles. The summed E-state index contributed by atoms with van der Waals surface area (Å²) in [6, 6.07) is 8.43. The highest BCUT2D eigenvalue weighted by Crippen LogP contribution is 2.28. The van der Waals surface area contributed by atoms with Crippen LogP contribution >= 0.6 is 15.9 Å². The molecular formula is C12H8BrF3N2. The SMILES string of the molecule is Cc1cc(-c2ccc(Br)cc2)nc(C(F)(F)F)n1. The smallest absolute Gasteiger partial charge is 0.230 e. The Hall–Kier alpha value is -1.43. The Labute approximate surface area is 110 Å². The monoisotopic (exact) mass is 316 g/mol. The Morgan fingerprint density at radius 3 is 2.22 bits per heavy atom. The zero-order valence-corrected chi connectivity index (χ0v) is 10.9. The minimum absolute atomic E-state index is 0.266. The molecule has 0 aliphatic rings. The van der Waals surface area contributed by atoms with Gasteiger partial charge in [0.1, 0.15) is 0 Å². The van der Waals surface area contributed by atoms with Crippen LogP contribution < -0.4 is 0 Å². The van der Waals surface area contributed by atoms with Gasteiger partial charge in [0.15, 0.2) is 0 Å². The van der Waals surface area contributed by atoms with Gasteiger partial charge in [-0.3, -0.25) is 0 Å². The molecule has 2 aromatic rings. The third kappa shape index (κ3) is 2.87. The van der Waals surface area contributed by atoms with Gasteiger partial charge in [0.05, 0.1) is 5.69 Å². The Balaban J connectivity index is 2.52. The number of nitrogens with zero attached hydrogens (tertiary/aromatic N) is 2. The van der Waals surface area contributed by atoms with Crippen LogP contribution in [0.5, 0.6) is 0 Å². The highest BCUT2D eigenvalue weighted by Gasteiger charge is 2.35. The first-order chi connectivity index (χ1) is 8.36. The van der Waals surface area contributed by atoms with Gasteiger partial charge in [-0.2, -0.15) is 13.2 Å². The van der Waals surface area contributed by atoms with E-state index in [1.165, 1.54) is 13.0 Å². The zero-order valence-electron chi connectivity index (χ0n) is 9.29. The summed E-state index contributed by atoms with van der Waals surface area (Å²) >= 11 is 3.27. The second-order valence-electron chi connectivity index (χ2n) is 3.72. The minimum atomic E-state index is -4.53. The van der Waals surface area contributed by atoms with Gasteiger partial charge in [-0.25, -0.2) is 9.97 Å². The molecule has 0 saturated carbocycles. The van der Waals surface area contributed by atoms with Crippen LogP contribution in [0.2, 0.25) is 0 Å². The van der Waals surface area contributed by atoms with Crippen molar-refractivity contribution in [3.63, 3.8) is 0 Å². The average molecular weight is 317 g/mol. The molecule has 0 bridgehead atoms. The number of hydrogen-bond donors (Lipinski definition) is 0. The Kier molecular flexibility index (Phi) is 3.38. The summed E-state index contributed by atoms with van der Waals surface area (Å²) in [7, 11) is 0. The molecule has 0 atom stereocenters. The van der Waals surface area contributed by atoms with E-state index in [0.717, 1.165) is 4.47 Å². The lowest BCUT2D eigenvalue weighted by atomic mass is 10.1. The lowest BCUT2D eigenvalue weighted by Crippen LogP contribution is -2.12. The number of benzene rings is 1. The van der Waals surface area contributed by atoms with E-state index in [1.807, 2.05) is 0 Å². The second kappa shape index (κ2) is 4.68. The molecule has 6 heteroatoms. The van der Waals surface area contributed by atoms with Crippen LogP contribution in [-0.2, 0) is 6.18 Å². The fourth-order valence-electron chi connectivity index (χ4n) is 1.46. The summed E-state index contributed by atoms with van der Waals surface area (Å²) in [4.78, 5) is 6.96. The van der Waals surface area contributed by atoms with Crippen molar-refractivity contribution in [2.24, 2.45) is 0 Å². The van der Waals surface area contributed by atoms with E-state index < -0.39 is 12.0 Å². The molecule has 1 aromatic carbocycles.